The molecule has 0 aliphatic heterocycles. The van der Waals surface area contributed by atoms with Crippen LogP contribution in [-0.4, -0.2) is 4.57 Å². The van der Waals surface area contributed by atoms with Crippen molar-refractivity contribution in [3.63, 3.8) is 0 Å². The van der Waals surface area contributed by atoms with Gasteiger partial charge in [-0.25, -0.2) is 0 Å². The molecule has 11 aromatic carbocycles. The van der Waals surface area contributed by atoms with Crippen molar-refractivity contribution in [3.8, 4) is 39.1 Å². The van der Waals surface area contributed by atoms with E-state index in [-0.39, 0.29) is 0 Å². The summed E-state index contributed by atoms with van der Waals surface area (Å²) in [5.74, 6) is 0. The van der Waals surface area contributed by atoms with E-state index in [2.05, 4.69) is 240 Å². The first kappa shape index (κ1) is 34.1. The van der Waals surface area contributed by atoms with Crippen LogP contribution in [0.25, 0.3) is 93.2 Å². The molecule has 280 valence electrons. The van der Waals surface area contributed by atoms with Crippen LogP contribution < -0.4 is 4.90 Å². The van der Waals surface area contributed by atoms with E-state index >= 15 is 0 Å². The molecule has 2 heteroatoms. The molecule has 1 heterocycles. The van der Waals surface area contributed by atoms with Gasteiger partial charge in [-0.3, -0.25) is 0 Å². The molecule has 0 atom stereocenters. The van der Waals surface area contributed by atoms with Gasteiger partial charge in [-0.15, -0.1) is 0 Å². The molecule has 0 unspecified atom stereocenters. The van der Waals surface area contributed by atoms with Gasteiger partial charge in [-0.1, -0.05) is 164 Å². The number of fused-ring (bicyclic) bond motifs is 4. The molecule has 1 aromatic heterocycles. The van der Waals surface area contributed by atoms with Crippen molar-refractivity contribution in [2.24, 2.45) is 0 Å². The second-order valence-corrected chi connectivity index (χ2v) is 15.7. The maximum Gasteiger partial charge on any atom is 0.0553 e. The number of hydrogen-bond acceptors (Lipinski definition) is 1. The summed E-state index contributed by atoms with van der Waals surface area (Å²) in [6.45, 7) is 0. The maximum atomic E-state index is 2.49. The van der Waals surface area contributed by atoms with Gasteiger partial charge in [0.15, 0.2) is 0 Å². The van der Waals surface area contributed by atoms with Gasteiger partial charge < -0.3 is 9.47 Å². The Balaban J connectivity index is 1.05. The molecule has 2 nitrogen and oxygen atoms in total. The maximum absolute atomic E-state index is 2.49. The molecular weight excluding hydrogens is 725 g/mol. The molecule has 0 amide bonds. The van der Waals surface area contributed by atoms with Crippen LogP contribution in [0, 0.1) is 0 Å². The molecule has 0 N–H and O–H groups in total. The molecule has 60 heavy (non-hydrogen) atoms. The molecule has 0 saturated carbocycles. The van der Waals surface area contributed by atoms with E-state index in [1.165, 1.54) is 87.5 Å². The van der Waals surface area contributed by atoms with Crippen molar-refractivity contribution in [1.29, 1.82) is 0 Å². The molecule has 0 fully saturated rings. The van der Waals surface area contributed by atoms with Gasteiger partial charge in [-0.05, 0) is 132 Å². The molecule has 12 rings (SSSR count). The summed E-state index contributed by atoms with van der Waals surface area (Å²) in [5, 5.41) is 10.2. The fourth-order valence-electron chi connectivity index (χ4n) is 9.59. The van der Waals surface area contributed by atoms with Crippen molar-refractivity contribution >= 4 is 71.2 Å². The zero-order valence-electron chi connectivity index (χ0n) is 32.8. The molecule has 0 bridgehead atoms. The minimum absolute atomic E-state index is 1.12. The summed E-state index contributed by atoms with van der Waals surface area (Å²) >= 11 is 0. The minimum atomic E-state index is 1.12. The van der Waals surface area contributed by atoms with E-state index in [4.69, 9.17) is 0 Å². The molecule has 12 aromatic rings. The van der Waals surface area contributed by atoms with E-state index in [1.54, 1.807) is 0 Å². The Bertz CT molecular complexity index is 3400. The lowest BCUT2D eigenvalue weighted by molar-refractivity contribution is 1.18. The predicted molar refractivity (Wildman–Crippen MR) is 255 cm³/mol. The summed E-state index contributed by atoms with van der Waals surface area (Å²) in [6, 6.07) is 84.1. The van der Waals surface area contributed by atoms with Gasteiger partial charge in [0, 0.05) is 33.5 Å². The summed E-state index contributed by atoms with van der Waals surface area (Å²) in [5.41, 5.74) is 14.2. The van der Waals surface area contributed by atoms with E-state index in [9.17, 15) is 0 Å². The number of para-hydroxylation sites is 3. The number of benzene rings is 11. The molecule has 0 saturated heterocycles. The van der Waals surface area contributed by atoms with E-state index in [1.807, 2.05) is 0 Å². The van der Waals surface area contributed by atoms with Crippen LogP contribution in [-0.2, 0) is 0 Å². The van der Waals surface area contributed by atoms with Gasteiger partial charge in [0.25, 0.3) is 0 Å². The Morgan fingerprint density at radius 2 is 0.800 bits per heavy atom. The van der Waals surface area contributed by atoms with Gasteiger partial charge in [0.05, 0.1) is 11.0 Å². The Morgan fingerprint density at radius 1 is 0.283 bits per heavy atom. The first-order valence-electron chi connectivity index (χ1n) is 20.7. The van der Waals surface area contributed by atoms with Crippen LogP contribution in [0.4, 0.5) is 17.1 Å². The fraction of sp³-hybridized carbons (Fsp3) is 0. The van der Waals surface area contributed by atoms with E-state index in [0.717, 1.165) is 22.7 Å². The normalized spacial score (nSPS) is 11.7. The lowest BCUT2D eigenvalue weighted by Gasteiger charge is -2.25. The highest BCUT2D eigenvalue weighted by Crippen LogP contribution is 2.46. The van der Waals surface area contributed by atoms with Crippen LogP contribution in [0.15, 0.2) is 231 Å². The molecule has 0 aliphatic rings. The predicted octanol–water partition coefficient (Wildman–Crippen LogP) is 16.2. The first-order valence-corrected chi connectivity index (χ1v) is 20.7. The van der Waals surface area contributed by atoms with Crippen LogP contribution in [0.2, 0.25) is 0 Å². The highest BCUT2D eigenvalue weighted by Gasteiger charge is 2.21. The van der Waals surface area contributed by atoms with E-state index in [0.29, 0.717) is 0 Å². The second kappa shape index (κ2) is 13.9. The highest BCUT2D eigenvalue weighted by molar-refractivity contribution is 6.34. The zero-order valence-corrected chi connectivity index (χ0v) is 32.8. The average Bonchev–Trinajstić information content (AvgIpc) is 3.66. The zero-order chi connectivity index (χ0) is 39.6. The van der Waals surface area contributed by atoms with Crippen molar-refractivity contribution in [1.82, 2.24) is 4.57 Å². The Kier molecular flexibility index (Phi) is 7.89. The van der Waals surface area contributed by atoms with Crippen LogP contribution in [0.5, 0.6) is 0 Å². The number of hydrogen-bond donors (Lipinski definition) is 0. The Hall–Kier alpha value is -7.94. The van der Waals surface area contributed by atoms with Crippen molar-refractivity contribution in [2.45, 2.75) is 0 Å². The quantitative estimate of drug-likeness (QED) is 0.147. The van der Waals surface area contributed by atoms with Gasteiger partial charge >= 0.3 is 0 Å². The van der Waals surface area contributed by atoms with Gasteiger partial charge in [0.1, 0.15) is 0 Å². The summed E-state index contributed by atoms with van der Waals surface area (Å²) < 4.78 is 2.49. The molecule has 0 aliphatic carbocycles. The van der Waals surface area contributed by atoms with Gasteiger partial charge in [-0.2, -0.15) is 0 Å². The van der Waals surface area contributed by atoms with Crippen LogP contribution in [0.3, 0.4) is 0 Å². The van der Waals surface area contributed by atoms with Crippen LogP contribution >= 0.6 is 0 Å². The molecule has 0 radical (unpaired) electrons. The summed E-state index contributed by atoms with van der Waals surface area (Å²) in [6.07, 6.45) is 0. The molecular formula is C58H38N2. The average molecular weight is 763 g/mol. The third-order valence-corrected chi connectivity index (χ3v) is 12.3. The smallest absolute Gasteiger partial charge is 0.0553 e. The van der Waals surface area contributed by atoms with Crippen molar-refractivity contribution in [3.05, 3.63) is 231 Å². The fourth-order valence-corrected chi connectivity index (χ4v) is 9.59. The third kappa shape index (κ3) is 5.50. The second-order valence-electron chi connectivity index (χ2n) is 15.7. The van der Waals surface area contributed by atoms with Crippen molar-refractivity contribution < 1.29 is 0 Å². The Labute approximate surface area is 348 Å². The van der Waals surface area contributed by atoms with Crippen LogP contribution in [0.1, 0.15) is 0 Å². The summed E-state index contributed by atoms with van der Waals surface area (Å²) in [4.78, 5) is 2.32. The first-order chi connectivity index (χ1) is 29.8. The largest absolute Gasteiger partial charge is 0.311 e. The van der Waals surface area contributed by atoms with E-state index < -0.39 is 0 Å². The molecule has 0 spiro atoms. The number of rotatable bonds is 7. The number of aromatic nitrogens is 1. The van der Waals surface area contributed by atoms with Crippen molar-refractivity contribution in [2.75, 3.05) is 4.90 Å². The highest BCUT2D eigenvalue weighted by atomic mass is 15.1. The third-order valence-electron chi connectivity index (χ3n) is 12.3. The Morgan fingerprint density at radius 3 is 1.45 bits per heavy atom. The lowest BCUT2D eigenvalue weighted by Crippen LogP contribution is -2.09. The lowest BCUT2D eigenvalue weighted by atomic mass is 9.88. The topological polar surface area (TPSA) is 8.17 Å². The van der Waals surface area contributed by atoms with Gasteiger partial charge in [0.2, 0.25) is 0 Å². The standard InChI is InChI=1S/C58H38N2/c1-5-15-39(16-6-1)44-35-45(40-17-7-2-8-18-40)37-49(36-44)60-54-24-14-13-23-52(54)58-53-34-33-51-50(32-29-42-25-26-43(38-55(58)60)57(53)56(42)51)41-27-30-48(31-28-41)59(46-19-9-3-10-20-46)47-21-11-4-12-22-47/h1-38H. The number of anilines is 3. The number of nitrogens with zero attached hydrogens (tertiary/aromatic N) is 2. The summed E-state index contributed by atoms with van der Waals surface area (Å²) in [7, 11) is 0. The SMILES string of the molecule is c1ccc(-c2cc(-c3ccccc3)cc(-n3c4ccccc4c4c5ccc6c(-c7ccc(N(c8ccccc8)c8ccccc8)cc7)ccc7ccc(cc43)c5c76)c2)cc1. The monoisotopic (exact) mass is 762 g/mol. The minimum Gasteiger partial charge on any atom is -0.311 e.